The molecule has 0 aliphatic carbocycles. The normalized spacial score (nSPS) is 10.5. The van der Waals surface area contributed by atoms with E-state index in [-0.39, 0.29) is 24.2 Å². The summed E-state index contributed by atoms with van der Waals surface area (Å²) in [6.45, 7) is 2.97. The number of carbonyl (C=O) groups is 2. The fourth-order valence-electron chi connectivity index (χ4n) is 2.64. The monoisotopic (exact) mass is 415 g/mol. The number of hydrogen-bond donors (Lipinski definition) is 3. The molecule has 3 N–H and O–H groups in total. The van der Waals surface area contributed by atoms with Crippen molar-refractivity contribution in [1.29, 1.82) is 0 Å². The van der Waals surface area contributed by atoms with E-state index in [0.717, 1.165) is 5.82 Å². The lowest BCUT2D eigenvalue weighted by atomic mass is 10.3. The SMILES string of the molecule is CCn1c(CCNC(=O)COc2cccc(NC(=O)c3ccco3)c2)n[nH]c1=S. The van der Waals surface area contributed by atoms with Crippen LogP contribution in [0.5, 0.6) is 5.75 Å². The quantitative estimate of drug-likeness (QED) is 0.463. The molecule has 152 valence electrons. The molecule has 2 aromatic heterocycles. The van der Waals surface area contributed by atoms with Gasteiger partial charge in [0.05, 0.1) is 6.26 Å². The van der Waals surface area contributed by atoms with Gasteiger partial charge in [-0.2, -0.15) is 5.10 Å². The van der Waals surface area contributed by atoms with Crippen LogP contribution in [0.15, 0.2) is 47.1 Å². The molecule has 0 radical (unpaired) electrons. The van der Waals surface area contributed by atoms with E-state index in [0.29, 0.717) is 35.7 Å². The maximum atomic E-state index is 12.0. The lowest BCUT2D eigenvalue weighted by molar-refractivity contribution is -0.123. The second-order valence-corrected chi connectivity index (χ2v) is 6.42. The smallest absolute Gasteiger partial charge is 0.291 e. The highest BCUT2D eigenvalue weighted by Gasteiger charge is 2.10. The van der Waals surface area contributed by atoms with E-state index in [1.807, 2.05) is 11.5 Å². The number of benzene rings is 1. The van der Waals surface area contributed by atoms with Crippen LogP contribution < -0.4 is 15.4 Å². The number of aromatic amines is 1. The predicted molar refractivity (Wildman–Crippen MR) is 108 cm³/mol. The third-order valence-electron chi connectivity index (χ3n) is 4.03. The molecule has 0 unspecified atom stereocenters. The van der Waals surface area contributed by atoms with Gasteiger partial charge in [-0.1, -0.05) is 6.07 Å². The van der Waals surface area contributed by atoms with E-state index in [1.165, 1.54) is 6.26 Å². The Balaban J connectivity index is 1.45. The summed E-state index contributed by atoms with van der Waals surface area (Å²) >= 11 is 5.14. The molecule has 29 heavy (non-hydrogen) atoms. The fraction of sp³-hybridized carbons (Fsp3) is 0.263. The number of furan rings is 1. The van der Waals surface area contributed by atoms with Crippen molar-refractivity contribution < 1.29 is 18.7 Å². The number of hydrogen-bond acceptors (Lipinski definition) is 6. The average Bonchev–Trinajstić information content (AvgIpc) is 3.37. The molecule has 0 saturated carbocycles. The molecule has 0 aliphatic heterocycles. The van der Waals surface area contributed by atoms with Crippen molar-refractivity contribution >= 4 is 29.7 Å². The maximum Gasteiger partial charge on any atom is 0.291 e. The van der Waals surface area contributed by atoms with Gasteiger partial charge in [0.25, 0.3) is 11.8 Å². The Hall–Kier alpha value is -3.40. The number of nitrogens with one attached hydrogen (secondary N) is 3. The minimum absolute atomic E-state index is 0.143. The van der Waals surface area contributed by atoms with Crippen molar-refractivity contribution in [1.82, 2.24) is 20.1 Å². The first-order valence-electron chi connectivity index (χ1n) is 9.05. The van der Waals surface area contributed by atoms with E-state index < -0.39 is 0 Å². The highest BCUT2D eigenvalue weighted by molar-refractivity contribution is 7.71. The number of carbonyl (C=O) groups excluding carboxylic acids is 2. The number of aromatic nitrogens is 3. The molecule has 3 aromatic rings. The van der Waals surface area contributed by atoms with Crippen LogP contribution in [-0.2, 0) is 17.8 Å². The van der Waals surface area contributed by atoms with Crippen LogP contribution in [0.4, 0.5) is 5.69 Å². The average molecular weight is 415 g/mol. The van der Waals surface area contributed by atoms with Crippen molar-refractivity contribution in [3.05, 3.63) is 59.0 Å². The number of rotatable bonds is 9. The number of ether oxygens (including phenoxy) is 1. The lowest BCUT2D eigenvalue weighted by Crippen LogP contribution is -2.31. The van der Waals surface area contributed by atoms with Gasteiger partial charge in [0.15, 0.2) is 17.1 Å². The summed E-state index contributed by atoms with van der Waals surface area (Å²) in [5.41, 5.74) is 0.534. The topological polar surface area (TPSA) is 114 Å². The van der Waals surface area contributed by atoms with Crippen LogP contribution in [0.2, 0.25) is 0 Å². The first-order valence-corrected chi connectivity index (χ1v) is 9.46. The largest absolute Gasteiger partial charge is 0.484 e. The molecule has 0 fully saturated rings. The molecule has 0 spiro atoms. The summed E-state index contributed by atoms with van der Waals surface area (Å²) in [7, 11) is 0. The van der Waals surface area contributed by atoms with Crippen LogP contribution in [0, 0.1) is 4.77 Å². The summed E-state index contributed by atoms with van der Waals surface area (Å²) in [5, 5.41) is 12.4. The van der Waals surface area contributed by atoms with Crippen molar-refractivity contribution in [3.63, 3.8) is 0 Å². The number of amides is 2. The van der Waals surface area contributed by atoms with Crippen molar-refractivity contribution in [3.8, 4) is 5.75 Å². The Morgan fingerprint density at radius 3 is 2.93 bits per heavy atom. The van der Waals surface area contributed by atoms with E-state index in [1.54, 1.807) is 36.4 Å². The molecule has 0 atom stereocenters. The molecule has 2 heterocycles. The second-order valence-electron chi connectivity index (χ2n) is 6.04. The number of H-pyrrole nitrogens is 1. The first kappa shape index (κ1) is 20.3. The molecule has 2 amide bonds. The number of nitrogens with zero attached hydrogens (tertiary/aromatic N) is 2. The van der Waals surface area contributed by atoms with Gasteiger partial charge in [-0.25, -0.2) is 0 Å². The highest BCUT2D eigenvalue weighted by atomic mass is 32.1. The van der Waals surface area contributed by atoms with Gasteiger partial charge in [0.2, 0.25) is 0 Å². The molecule has 0 bridgehead atoms. The summed E-state index contributed by atoms with van der Waals surface area (Å²) in [5.74, 6) is 0.838. The van der Waals surface area contributed by atoms with Crippen LogP contribution >= 0.6 is 12.2 Å². The Morgan fingerprint density at radius 1 is 1.31 bits per heavy atom. The maximum absolute atomic E-state index is 12.0. The zero-order chi connectivity index (χ0) is 20.6. The minimum Gasteiger partial charge on any atom is -0.484 e. The molecule has 9 nitrogen and oxygen atoms in total. The molecule has 0 aliphatic rings. The van der Waals surface area contributed by atoms with Crippen LogP contribution in [0.25, 0.3) is 0 Å². The standard InChI is InChI=1S/C19H21N5O4S/c1-2-24-16(22-23-19(24)29)8-9-20-17(25)12-28-14-6-3-5-13(11-14)21-18(26)15-7-4-10-27-15/h3-7,10-11H,2,8-9,12H2,1H3,(H,20,25)(H,21,26)(H,23,29). The van der Waals surface area contributed by atoms with Gasteiger partial charge in [-0.05, 0) is 43.4 Å². The highest BCUT2D eigenvalue weighted by Crippen LogP contribution is 2.18. The van der Waals surface area contributed by atoms with Crippen LogP contribution in [0.1, 0.15) is 23.3 Å². The van der Waals surface area contributed by atoms with E-state index in [9.17, 15) is 9.59 Å². The van der Waals surface area contributed by atoms with Gasteiger partial charge in [0, 0.05) is 31.3 Å². The number of anilines is 1. The summed E-state index contributed by atoms with van der Waals surface area (Å²) in [6.07, 6.45) is 1.98. The Labute approximate surface area is 172 Å². The van der Waals surface area contributed by atoms with Crippen LogP contribution in [-0.4, -0.2) is 39.7 Å². The third-order valence-corrected chi connectivity index (χ3v) is 4.34. The summed E-state index contributed by atoms with van der Waals surface area (Å²) in [6, 6.07) is 9.98. The molecule has 10 heteroatoms. The fourth-order valence-corrected chi connectivity index (χ4v) is 2.93. The minimum atomic E-state index is -0.366. The van der Waals surface area contributed by atoms with Gasteiger partial charge < -0.3 is 24.4 Å². The van der Waals surface area contributed by atoms with Gasteiger partial charge >= 0.3 is 0 Å². The van der Waals surface area contributed by atoms with E-state index >= 15 is 0 Å². The predicted octanol–water partition coefficient (Wildman–Crippen LogP) is 2.54. The summed E-state index contributed by atoms with van der Waals surface area (Å²) in [4.78, 5) is 24.0. The van der Waals surface area contributed by atoms with Crippen molar-refractivity contribution in [2.75, 3.05) is 18.5 Å². The first-order chi connectivity index (χ1) is 14.1. The van der Waals surface area contributed by atoms with Gasteiger partial charge in [0.1, 0.15) is 11.6 Å². The Bertz CT molecular complexity index is 1030. The summed E-state index contributed by atoms with van der Waals surface area (Å²) < 4.78 is 13.0. The Morgan fingerprint density at radius 2 is 2.17 bits per heavy atom. The van der Waals surface area contributed by atoms with E-state index in [2.05, 4.69) is 20.8 Å². The molecule has 1 aromatic carbocycles. The second kappa shape index (κ2) is 9.69. The third kappa shape index (κ3) is 5.55. The van der Waals surface area contributed by atoms with Gasteiger partial charge in [-0.3, -0.25) is 14.7 Å². The molecular formula is C19H21N5O4S. The van der Waals surface area contributed by atoms with Crippen molar-refractivity contribution in [2.45, 2.75) is 19.9 Å². The zero-order valence-corrected chi connectivity index (χ0v) is 16.6. The zero-order valence-electron chi connectivity index (χ0n) is 15.8. The van der Waals surface area contributed by atoms with E-state index in [4.69, 9.17) is 21.4 Å². The molecular weight excluding hydrogens is 394 g/mol. The lowest BCUT2D eigenvalue weighted by Gasteiger charge is -2.09. The van der Waals surface area contributed by atoms with Gasteiger partial charge in [-0.15, -0.1) is 0 Å². The molecule has 3 rings (SSSR count). The molecule has 0 saturated heterocycles. The van der Waals surface area contributed by atoms with Crippen LogP contribution in [0.3, 0.4) is 0 Å². The van der Waals surface area contributed by atoms with Crippen molar-refractivity contribution in [2.24, 2.45) is 0 Å². The Kier molecular flexibility index (Phi) is 6.80.